The average molecular weight is 412 g/mol. The SMILES string of the molecule is COc1ccc(C(=O)Nc2cnc3sc4c(n3c2=O)CC[C@@H](C(C)(C)C)C4)cc1. The first kappa shape index (κ1) is 19.6. The van der Waals surface area contributed by atoms with Crippen LogP contribution in [0.3, 0.4) is 0 Å². The molecule has 1 atom stereocenters. The summed E-state index contributed by atoms with van der Waals surface area (Å²) in [7, 11) is 1.57. The van der Waals surface area contributed by atoms with Crippen molar-refractivity contribution in [2.75, 3.05) is 12.4 Å². The van der Waals surface area contributed by atoms with E-state index >= 15 is 0 Å². The minimum absolute atomic E-state index is 0.196. The maximum atomic E-state index is 13.1. The Bertz CT molecular complexity index is 1120. The van der Waals surface area contributed by atoms with Gasteiger partial charge in [-0.05, 0) is 54.9 Å². The summed E-state index contributed by atoms with van der Waals surface area (Å²) in [6.07, 6.45) is 4.34. The van der Waals surface area contributed by atoms with Gasteiger partial charge in [-0.1, -0.05) is 20.8 Å². The number of nitrogens with zero attached hydrogens (tertiary/aromatic N) is 2. The van der Waals surface area contributed by atoms with E-state index in [1.807, 2.05) is 0 Å². The highest BCUT2D eigenvalue weighted by Crippen LogP contribution is 2.39. The molecule has 29 heavy (non-hydrogen) atoms. The third kappa shape index (κ3) is 3.67. The lowest BCUT2D eigenvalue weighted by Crippen LogP contribution is -2.28. The van der Waals surface area contributed by atoms with Crippen molar-refractivity contribution in [2.45, 2.75) is 40.0 Å². The van der Waals surface area contributed by atoms with Gasteiger partial charge in [-0.3, -0.25) is 14.0 Å². The lowest BCUT2D eigenvalue weighted by Gasteiger charge is -2.33. The van der Waals surface area contributed by atoms with Crippen LogP contribution >= 0.6 is 11.3 Å². The van der Waals surface area contributed by atoms with Crippen LogP contribution in [0.25, 0.3) is 4.96 Å². The Morgan fingerprint density at radius 3 is 2.66 bits per heavy atom. The average Bonchev–Trinajstić information content (AvgIpc) is 3.08. The van der Waals surface area contributed by atoms with Gasteiger partial charge < -0.3 is 10.1 Å². The number of amides is 1. The molecule has 1 aliphatic carbocycles. The number of benzene rings is 1. The van der Waals surface area contributed by atoms with Crippen molar-refractivity contribution in [3.8, 4) is 5.75 Å². The van der Waals surface area contributed by atoms with Gasteiger partial charge in [0.25, 0.3) is 11.5 Å². The minimum atomic E-state index is -0.344. The summed E-state index contributed by atoms with van der Waals surface area (Å²) >= 11 is 1.59. The molecule has 0 fully saturated rings. The monoisotopic (exact) mass is 411 g/mol. The molecular weight excluding hydrogens is 386 g/mol. The lowest BCUT2D eigenvalue weighted by atomic mass is 9.73. The van der Waals surface area contributed by atoms with Gasteiger partial charge in [0.1, 0.15) is 11.4 Å². The van der Waals surface area contributed by atoms with E-state index in [9.17, 15) is 9.59 Å². The molecule has 7 heteroatoms. The number of ether oxygens (including phenoxy) is 1. The van der Waals surface area contributed by atoms with E-state index in [4.69, 9.17) is 4.74 Å². The van der Waals surface area contributed by atoms with E-state index in [1.165, 1.54) is 11.1 Å². The van der Waals surface area contributed by atoms with E-state index < -0.39 is 0 Å². The van der Waals surface area contributed by atoms with Crippen molar-refractivity contribution in [1.29, 1.82) is 0 Å². The summed E-state index contributed by atoms with van der Waals surface area (Å²) < 4.78 is 6.80. The fourth-order valence-electron chi connectivity index (χ4n) is 3.85. The zero-order chi connectivity index (χ0) is 20.8. The van der Waals surface area contributed by atoms with Crippen molar-refractivity contribution >= 4 is 27.9 Å². The number of methoxy groups -OCH3 is 1. The van der Waals surface area contributed by atoms with Gasteiger partial charge in [-0.25, -0.2) is 4.98 Å². The molecule has 4 rings (SSSR count). The van der Waals surface area contributed by atoms with E-state index in [0.717, 1.165) is 25.0 Å². The highest BCUT2D eigenvalue weighted by Gasteiger charge is 2.31. The van der Waals surface area contributed by atoms with Gasteiger partial charge in [-0.15, -0.1) is 11.3 Å². The maximum absolute atomic E-state index is 13.1. The van der Waals surface area contributed by atoms with Crippen LogP contribution in [-0.4, -0.2) is 22.4 Å². The van der Waals surface area contributed by atoms with E-state index in [2.05, 4.69) is 31.1 Å². The van der Waals surface area contributed by atoms with Crippen LogP contribution in [0, 0.1) is 11.3 Å². The summed E-state index contributed by atoms with van der Waals surface area (Å²) in [5, 5.41) is 2.71. The first-order chi connectivity index (χ1) is 13.8. The Balaban J connectivity index is 1.64. The maximum Gasteiger partial charge on any atom is 0.282 e. The molecule has 1 aromatic carbocycles. The van der Waals surface area contributed by atoms with Crippen LogP contribution in [0.5, 0.6) is 5.75 Å². The first-order valence-electron chi connectivity index (χ1n) is 9.75. The topological polar surface area (TPSA) is 72.7 Å². The standard InChI is InChI=1S/C22H25N3O3S/c1-22(2,3)14-7-10-17-18(11-14)29-21-23-12-16(20(27)25(17)21)24-19(26)13-5-8-15(28-4)9-6-13/h5-6,8-9,12,14H,7,10-11H2,1-4H3,(H,24,26)/t14-/m1/s1. The predicted molar refractivity (Wildman–Crippen MR) is 115 cm³/mol. The molecule has 152 valence electrons. The normalized spacial score (nSPS) is 16.5. The van der Waals surface area contributed by atoms with Gasteiger partial charge in [-0.2, -0.15) is 0 Å². The number of carbonyl (C=O) groups excluding carboxylic acids is 1. The van der Waals surface area contributed by atoms with Gasteiger partial charge >= 0.3 is 0 Å². The molecule has 0 saturated carbocycles. The third-order valence-electron chi connectivity index (χ3n) is 5.72. The molecule has 6 nitrogen and oxygen atoms in total. The molecule has 0 spiro atoms. The summed E-state index contributed by atoms with van der Waals surface area (Å²) in [6, 6.07) is 6.75. The molecule has 1 N–H and O–H groups in total. The zero-order valence-electron chi connectivity index (χ0n) is 17.1. The first-order valence-corrected chi connectivity index (χ1v) is 10.6. The fourth-order valence-corrected chi connectivity index (χ4v) is 5.06. The molecule has 0 saturated heterocycles. The van der Waals surface area contributed by atoms with Crippen LogP contribution in [-0.2, 0) is 12.8 Å². The van der Waals surface area contributed by atoms with Crippen LogP contribution < -0.4 is 15.6 Å². The summed E-state index contributed by atoms with van der Waals surface area (Å²) in [5.74, 6) is 0.916. The quantitative estimate of drug-likeness (QED) is 0.702. The largest absolute Gasteiger partial charge is 0.497 e. The number of anilines is 1. The Morgan fingerprint density at radius 1 is 1.28 bits per heavy atom. The molecule has 0 unspecified atom stereocenters. The molecule has 0 aliphatic heterocycles. The fraction of sp³-hybridized carbons (Fsp3) is 0.409. The molecule has 1 amide bonds. The van der Waals surface area contributed by atoms with Crippen LogP contribution in [0.2, 0.25) is 0 Å². The van der Waals surface area contributed by atoms with E-state index in [0.29, 0.717) is 22.2 Å². The highest BCUT2D eigenvalue weighted by atomic mass is 32.1. The van der Waals surface area contributed by atoms with Gasteiger partial charge in [0.2, 0.25) is 0 Å². The summed E-state index contributed by atoms with van der Waals surface area (Å²) in [6.45, 7) is 6.81. The van der Waals surface area contributed by atoms with Crippen molar-refractivity contribution in [3.63, 3.8) is 0 Å². The van der Waals surface area contributed by atoms with Crippen LogP contribution in [0.15, 0.2) is 35.3 Å². The Kier molecular flexibility index (Phi) is 4.94. The predicted octanol–water partition coefficient (Wildman–Crippen LogP) is 4.17. The van der Waals surface area contributed by atoms with Gasteiger partial charge in [0.15, 0.2) is 4.96 Å². The second kappa shape index (κ2) is 7.30. The van der Waals surface area contributed by atoms with E-state index in [-0.39, 0.29) is 22.6 Å². The third-order valence-corrected chi connectivity index (χ3v) is 6.84. The second-order valence-corrected chi connectivity index (χ2v) is 9.62. The summed E-state index contributed by atoms with van der Waals surface area (Å²) in [4.78, 5) is 32.0. The number of thiazole rings is 1. The number of aromatic nitrogens is 2. The Hall–Kier alpha value is -2.67. The number of fused-ring (bicyclic) bond motifs is 3. The lowest BCUT2D eigenvalue weighted by molar-refractivity contribution is 0.102. The van der Waals surface area contributed by atoms with E-state index in [1.54, 1.807) is 47.1 Å². The number of nitrogens with one attached hydrogen (secondary N) is 1. The van der Waals surface area contributed by atoms with Crippen molar-refractivity contribution in [1.82, 2.24) is 9.38 Å². The van der Waals surface area contributed by atoms with Gasteiger partial charge in [0, 0.05) is 16.1 Å². The smallest absolute Gasteiger partial charge is 0.282 e. The molecule has 0 radical (unpaired) electrons. The highest BCUT2D eigenvalue weighted by molar-refractivity contribution is 7.17. The van der Waals surface area contributed by atoms with Crippen molar-refractivity contribution < 1.29 is 9.53 Å². The number of hydrogen-bond donors (Lipinski definition) is 1. The second-order valence-electron chi connectivity index (χ2n) is 8.56. The minimum Gasteiger partial charge on any atom is -0.497 e. The molecule has 0 bridgehead atoms. The summed E-state index contributed by atoms with van der Waals surface area (Å²) in [5.41, 5.74) is 1.72. The number of hydrogen-bond acceptors (Lipinski definition) is 5. The van der Waals surface area contributed by atoms with Crippen molar-refractivity contribution in [2.24, 2.45) is 11.3 Å². The van der Waals surface area contributed by atoms with Crippen molar-refractivity contribution in [3.05, 3.63) is 57.0 Å². The molecular formula is C22H25N3O3S. The molecule has 1 aliphatic rings. The molecule has 3 aromatic rings. The van der Waals surface area contributed by atoms with Crippen LogP contribution in [0.1, 0.15) is 48.1 Å². The van der Waals surface area contributed by atoms with Gasteiger partial charge in [0.05, 0.1) is 13.3 Å². The Labute approximate surface area is 173 Å². The molecule has 2 heterocycles. The number of rotatable bonds is 3. The molecule has 2 aromatic heterocycles. The zero-order valence-corrected chi connectivity index (χ0v) is 17.9. The number of carbonyl (C=O) groups is 1. The number of aryl methyl sites for hydroxylation is 1. The Morgan fingerprint density at radius 2 is 2.00 bits per heavy atom. The van der Waals surface area contributed by atoms with Crippen LogP contribution in [0.4, 0.5) is 5.69 Å².